The van der Waals surface area contributed by atoms with Crippen molar-refractivity contribution in [1.82, 2.24) is 0 Å². The molecule has 0 radical (unpaired) electrons. The standard InChI is InChI=1S/C12H14O2/c1-7-11(13-7)9-5-3-4-6-10(9)12-8(2)14-12/h3-8,11-12H,1-2H3. The van der Waals surface area contributed by atoms with E-state index in [1.54, 1.807) is 0 Å². The zero-order valence-electron chi connectivity index (χ0n) is 8.44. The van der Waals surface area contributed by atoms with E-state index >= 15 is 0 Å². The minimum atomic E-state index is 0.308. The molecule has 0 saturated carbocycles. The Morgan fingerprint density at radius 1 is 0.857 bits per heavy atom. The molecule has 1 aromatic carbocycles. The summed E-state index contributed by atoms with van der Waals surface area (Å²) in [4.78, 5) is 0. The lowest BCUT2D eigenvalue weighted by atomic mass is 9.99. The van der Waals surface area contributed by atoms with Gasteiger partial charge in [-0.2, -0.15) is 0 Å². The van der Waals surface area contributed by atoms with Crippen molar-refractivity contribution in [3.8, 4) is 0 Å². The third kappa shape index (κ3) is 1.26. The number of ether oxygens (including phenoxy) is 2. The Kier molecular flexibility index (Phi) is 1.70. The lowest BCUT2D eigenvalue weighted by molar-refractivity contribution is 0.371. The summed E-state index contributed by atoms with van der Waals surface area (Å²) >= 11 is 0. The molecule has 4 unspecified atom stereocenters. The minimum Gasteiger partial charge on any atom is -0.365 e. The van der Waals surface area contributed by atoms with Crippen molar-refractivity contribution in [2.75, 3.05) is 0 Å². The molecule has 2 heterocycles. The molecular weight excluding hydrogens is 176 g/mol. The molecule has 14 heavy (non-hydrogen) atoms. The van der Waals surface area contributed by atoms with E-state index in [9.17, 15) is 0 Å². The van der Waals surface area contributed by atoms with Crippen molar-refractivity contribution >= 4 is 0 Å². The minimum absolute atomic E-state index is 0.308. The largest absolute Gasteiger partial charge is 0.365 e. The van der Waals surface area contributed by atoms with Gasteiger partial charge in [0.15, 0.2) is 0 Å². The Bertz CT molecular complexity index is 326. The zero-order valence-corrected chi connectivity index (χ0v) is 8.44. The average molecular weight is 190 g/mol. The van der Waals surface area contributed by atoms with E-state index in [0.717, 1.165) is 0 Å². The second-order valence-corrected chi connectivity index (χ2v) is 4.15. The lowest BCUT2D eigenvalue weighted by Crippen LogP contribution is -1.93. The van der Waals surface area contributed by atoms with Crippen LogP contribution in [-0.4, -0.2) is 12.2 Å². The molecule has 0 bridgehead atoms. The van der Waals surface area contributed by atoms with Crippen LogP contribution in [0.5, 0.6) is 0 Å². The Morgan fingerprint density at radius 3 is 1.50 bits per heavy atom. The van der Waals surface area contributed by atoms with Crippen molar-refractivity contribution in [2.24, 2.45) is 0 Å². The van der Waals surface area contributed by atoms with Crippen molar-refractivity contribution in [1.29, 1.82) is 0 Å². The van der Waals surface area contributed by atoms with E-state index in [4.69, 9.17) is 9.47 Å². The maximum Gasteiger partial charge on any atom is 0.109 e. The normalized spacial score (nSPS) is 39.6. The molecule has 4 atom stereocenters. The van der Waals surface area contributed by atoms with Crippen LogP contribution in [0.4, 0.5) is 0 Å². The first kappa shape index (κ1) is 8.45. The molecular formula is C12H14O2. The van der Waals surface area contributed by atoms with Crippen molar-refractivity contribution in [3.63, 3.8) is 0 Å². The van der Waals surface area contributed by atoms with Gasteiger partial charge in [0, 0.05) is 0 Å². The highest BCUT2D eigenvalue weighted by molar-refractivity contribution is 5.36. The molecule has 2 nitrogen and oxygen atoms in total. The van der Waals surface area contributed by atoms with Gasteiger partial charge in [-0.3, -0.25) is 0 Å². The smallest absolute Gasteiger partial charge is 0.109 e. The monoisotopic (exact) mass is 190 g/mol. The van der Waals surface area contributed by atoms with Crippen LogP contribution in [0.3, 0.4) is 0 Å². The van der Waals surface area contributed by atoms with Gasteiger partial charge in [-0.05, 0) is 25.0 Å². The maximum absolute atomic E-state index is 5.50. The molecule has 74 valence electrons. The highest BCUT2D eigenvalue weighted by Gasteiger charge is 2.43. The van der Waals surface area contributed by atoms with Gasteiger partial charge in [0.05, 0.1) is 12.2 Å². The Balaban J connectivity index is 1.94. The summed E-state index contributed by atoms with van der Waals surface area (Å²) in [6.07, 6.45) is 1.38. The fourth-order valence-corrected chi connectivity index (χ4v) is 2.05. The van der Waals surface area contributed by atoms with Crippen LogP contribution in [0, 0.1) is 0 Å². The van der Waals surface area contributed by atoms with Crippen LogP contribution in [0.25, 0.3) is 0 Å². The summed E-state index contributed by atoms with van der Waals surface area (Å²) in [7, 11) is 0. The molecule has 0 aliphatic carbocycles. The molecule has 0 N–H and O–H groups in total. The summed E-state index contributed by atoms with van der Waals surface area (Å²) in [5.74, 6) is 0. The Morgan fingerprint density at radius 2 is 1.21 bits per heavy atom. The van der Waals surface area contributed by atoms with E-state index < -0.39 is 0 Å². The van der Waals surface area contributed by atoms with Gasteiger partial charge < -0.3 is 9.47 Å². The van der Waals surface area contributed by atoms with E-state index in [2.05, 4.69) is 38.1 Å². The summed E-state index contributed by atoms with van der Waals surface area (Å²) in [5, 5.41) is 0. The quantitative estimate of drug-likeness (QED) is 0.670. The van der Waals surface area contributed by atoms with Crippen molar-refractivity contribution in [3.05, 3.63) is 35.4 Å². The SMILES string of the molecule is CC1OC1c1ccccc1C1OC1C. The van der Waals surface area contributed by atoms with E-state index in [1.165, 1.54) is 11.1 Å². The summed E-state index contributed by atoms with van der Waals surface area (Å²) in [5.41, 5.74) is 2.63. The first-order valence-electron chi connectivity index (χ1n) is 5.17. The fraction of sp³-hybridized carbons (Fsp3) is 0.500. The molecule has 1 aromatic rings. The molecule has 2 aliphatic heterocycles. The molecule has 0 amide bonds. The number of hydrogen-bond acceptors (Lipinski definition) is 2. The van der Waals surface area contributed by atoms with Gasteiger partial charge in [0.25, 0.3) is 0 Å². The van der Waals surface area contributed by atoms with E-state index in [0.29, 0.717) is 24.4 Å². The van der Waals surface area contributed by atoms with Gasteiger partial charge >= 0.3 is 0 Å². The van der Waals surface area contributed by atoms with E-state index in [-0.39, 0.29) is 0 Å². The summed E-state index contributed by atoms with van der Waals surface area (Å²) < 4.78 is 11.0. The van der Waals surface area contributed by atoms with Crippen molar-refractivity contribution < 1.29 is 9.47 Å². The Hall–Kier alpha value is -0.860. The summed E-state index contributed by atoms with van der Waals surface area (Å²) in [6.45, 7) is 4.22. The number of epoxide rings is 2. The number of benzene rings is 1. The van der Waals surface area contributed by atoms with Crippen LogP contribution in [-0.2, 0) is 9.47 Å². The predicted molar refractivity (Wildman–Crippen MR) is 53.0 cm³/mol. The highest BCUT2D eigenvalue weighted by atomic mass is 16.6. The molecule has 3 rings (SSSR count). The first-order valence-corrected chi connectivity index (χ1v) is 5.17. The fourth-order valence-electron chi connectivity index (χ4n) is 2.05. The second kappa shape index (κ2) is 2.81. The molecule has 2 fully saturated rings. The molecule has 0 aromatic heterocycles. The average Bonchev–Trinajstić information content (AvgIpc) is 3.06. The number of hydrogen-bond donors (Lipinski definition) is 0. The van der Waals surface area contributed by atoms with Crippen LogP contribution < -0.4 is 0 Å². The van der Waals surface area contributed by atoms with Crippen LogP contribution in [0.2, 0.25) is 0 Å². The van der Waals surface area contributed by atoms with Crippen LogP contribution in [0.1, 0.15) is 37.2 Å². The third-order valence-electron chi connectivity index (χ3n) is 3.03. The van der Waals surface area contributed by atoms with Crippen LogP contribution >= 0.6 is 0 Å². The van der Waals surface area contributed by atoms with Gasteiger partial charge in [0.2, 0.25) is 0 Å². The lowest BCUT2D eigenvalue weighted by Gasteiger charge is -2.03. The van der Waals surface area contributed by atoms with Crippen LogP contribution in [0.15, 0.2) is 24.3 Å². The van der Waals surface area contributed by atoms with Crippen molar-refractivity contribution in [2.45, 2.75) is 38.3 Å². The Labute approximate surface area is 83.8 Å². The molecule has 0 spiro atoms. The summed E-state index contributed by atoms with van der Waals surface area (Å²) in [6, 6.07) is 8.44. The van der Waals surface area contributed by atoms with Gasteiger partial charge in [0.1, 0.15) is 12.2 Å². The topological polar surface area (TPSA) is 25.1 Å². The molecule has 2 saturated heterocycles. The molecule has 2 aliphatic rings. The second-order valence-electron chi connectivity index (χ2n) is 4.15. The number of rotatable bonds is 2. The maximum atomic E-state index is 5.50. The van der Waals surface area contributed by atoms with Gasteiger partial charge in [-0.25, -0.2) is 0 Å². The first-order chi connectivity index (χ1) is 6.77. The predicted octanol–water partition coefficient (Wildman–Crippen LogP) is 2.61. The zero-order chi connectivity index (χ0) is 9.71. The van der Waals surface area contributed by atoms with Gasteiger partial charge in [-0.1, -0.05) is 24.3 Å². The highest BCUT2D eigenvalue weighted by Crippen LogP contribution is 2.46. The van der Waals surface area contributed by atoms with E-state index in [1.807, 2.05) is 0 Å². The van der Waals surface area contributed by atoms with Gasteiger partial charge in [-0.15, -0.1) is 0 Å². The third-order valence-corrected chi connectivity index (χ3v) is 3.03. The molecule has 2 heteroatoms.